The molecule has 134 valence electrons. The van der Waals surface area contributed by atoms with Crippen LogP contribution in [-0.2, 0) is 0 Å². The van der Waals surface area contributed by atoms with Crippen LogP contribution in [0.5, 0.6) is 0 Å². The number of nitrogens with one attached hydrogen (secondary N) is 1. The van der Waals surface area contributed by atoms with Crippen molar-refractivity contribution < 1.29 is 0 Å². The molecule has 1 atom stereocenters. The van der Waals surface area contributed by atoms with E-state index in [1.54, 1.807) is 0 Å². The van der Waals surface area contributed by atoms with Gasteiger partial charge in [0.2, 0.25) is 0 Å². The predicted molar refractivity (Wildman–Crippen MR) is 108 cm³/mol. The summed E-state index contributed by atoms with van der Waals surface area (Å²) >= 11 is 14.0. The Morgan fingerprint density at radius 2 is 1.88 bits per heavy atom. The summed E-state index contributed by atoms with van der Waals surface area (Å²) in [5.41, 5.74) is 4.27. The van der Waals surface area contributed by atoms with Gasteiger partial charge in [0.05, 0.1) is 15.7 Å². The van der Waals surface area contributed by atoms with Crippen molar-refractivity contribution in [2.75, 3.05) is 17.3 Å². The van der Waals surface area contributed by atoms with Gasteiger partial charge in [-0.25, -0.2) is 4.99 Å². The summed E-state index contributed by atoms with van der Waals surface area (Å²) in [4.78, 5) is 7.18. The van der Waals surface area contributed by atoms with E-state index in [1.807, 2.05) is 41.9 Å². The second kappa shape index (κ2) is 8.65. The molecule has 0 amide bonds. The van der Waals surface area contributed by atoms with Crippen LogP contribution in [-0.4, -0.2) is 40.6 Å². The van der Waals surface area contributed by atoms with Gasteiger partial charge in [0.25, 0.3) is 0 Å². The van der Waals surface area contributed by atoms with E-state index in [1.165, 1.54) is 0 Å². The smallest absolute Gasteiger partial charge is 0.188 e. The molecular weight excluding hydrogens is 363 g/mol. The van der Waals surface area contributed by atoms with Crippen molar-refractivity contribution in [1.29, 1.82) is 0 Å². The summed E-state index contributed by atoms with van der Waals surface area (Å²) in [5.74, 6) is 1.92. The number of nitrogens with zero attached hydrogens (tertiary/aromatic N) is 3. The van der Waals surface area contributed by atoms with Crippen molar-refractivity contribution in [1.82, 2.24) is 10.3 Å². The number of benzene rings is 1. The van der Waals surface area contributed by atoms with Gasteiger partial charge in [-0.2, -0.15) is 0 Å². The third-order valence-corrected chi connectivity index (χ3v) is 5.70. The molecule has 0 aromatic heterocycles. The van der Waals surface area contributed by atoms with Crippen LogP contribution >= 0.6 is 35.0 Å². The van der Waals surface area contributed by atoms with E-state index >= 15 is 0 Å². The molecule has 24 heavy (non-hydrogen) atoms. The molecule has 7 heteroatoms. The molecular formula is C17H26Cl2N4S. The Bertz CT molecular complexity index is 584. The molecule has 1 heterocycles. The standard InChI is InChI=1S/C17H26Cl2N4S/c1-11(2)22(12(3)4)8-9-24-17-20-13(5)21-23(17)14-6-7-15(18)16(19)10-14/h6-7,10-12,17H,8-9H2,1-5H3,(H,20,21). The van der Waals surface area contributed by atoms with Gasteiger partial charge in [0.15, 0.2) is 5.50 Å². The highest BCUT2D eigenvalue weighted by Gasteiger charge is 2.26. The maximum atomic E-state index is 6.15. The Labute approximate surface area is 159 Å². The Morgan fingerprint density at radius 3 is 2.46 bits per heavy atom. The van der Waals surface area contributed by atoms with Gasteiger partial charge in [-0.05, 0) is 52.8 Å². The van der Waals surface area contributed by atoms with Crippen LogP contribution < -0.4 is 10.4 Å². The number of hydrogen-bond donors (Lipinski definition) is 1. The van der Waals surface area contributed by atoms with E-state index in [2.05, 4.69) is 43.0 Å². The number of hydrogen-bond acceptors (Lipinski definition) is 5. The average molecular weight is 389 g/mol. The highest BCUT2D eigenvalue weighted by molar-refractivity contribution is 8.00. The molecule has 1 aromatic carbocycles. The quantitative estimate of drug-likeness (QED) is 0.721. The fourth-order valence-electron chi connectivity index (χ4n) is 2.80. The highest BCUT2D eigenvalue weighted by Crippen LogP contribution is 2.31. The van der Waals surface area contributed by atoms with E-state index < -0.39 is 0 Å². The highest BCUT2D eigenvalue weighted by atomic mass is 35.5. The lowest BCUT2D eigenvalue weighted by Gasteiger charge is -2.31. The number of halogens is 2. The number of rotatable bonds is 7. The zero-order valence-electron chi connectivity index (χ0n) is 14.9. The van der Waals surface area contributed by atoms with Gasteiger partial charge >= 0.3 is 0 Å². The third kappa shape index (κ3) is 4.94. The minimum absolute atomic E-state index is 0.00316. The first kappa shape index (κ1) is 19.7. The molecule has 0 spiro atoms. The molecule has 1 unspecified atom stereocenters. The number of amidine groups is 1. The molecule has 0 radical (unpaired) electrons. The Balaban J connectivity index is 2.00. The number of thioether (sulfide) groups is 1. The lowest BCUT2D eigenvalue weighted by atomic mass is 10.2. The number of hydrazine groups is 1. The Morgan fingerprint density at radius 1 is 1.21 bits per heavy atom. The lowest BCUT2D eigenvalue weighted by Crippen LogP contribution is -2.41. The summed E-state index contributed by atoms with van der Waals surface area (Å²) in [7, 11) is 0. The first-order valence-electron chi connectivity index (χ1n) is 8.22. The predicted octanol–water partition coefficient (Wildman–Crippen LogP) is 4.87. The summed E-state index contributed by atoms with van der Waals surface area (Å²) in [6, 6.07) is 6.73. The first-order chi connectivity index (χ1) is 11.3. The molecule has 4 nitrogen and oxygen atoms in total. The summed E-state index contributed by atoms with van der Waals surface area (Å²) in [6.07, 6.45) is 0. The molecule has 0 aliphatic carbocycles. The second-order valence-corrected chi connectivity index (χ2v) is 8.39. The zero-order valence-corrected chi connectivity index (χ0v) is 17.2. The van der Waals surface area contributed by atoms with E-state index in [9.17, 15) is 0 Å². The van der Waals surface area contributed by atoms with Crippen molar-refractivity contribution in [3.63, 3.8) is 0 Å². The second-order valence-electron chi connectivity index (χ2n) is 6.42. The number of anilines is 1. The molecule has 2 rings (SSSR count). The topological polar surface area (TPSA) is 30.9 Å². The minimum atomic E-state index is 0.00316. The maximum absolute atomic E-state index is 6.15. The van der Waals surface area contributed by atoms with Crippen molar-refractivity contribution in [3.05, 3.63) is 28.2 Å². The third-order valence-electron chi connectivity index (χ3n) is 3.93. The van der Waals surface area contributed by atoms with Gasteiger partial charge in [0, 0.05) is 24.4 Å². The Kier molecular flexibility index (Phi) is 7.10. The lowest BCUT2D eigenvalue weighted by molar-refractivity contribution is 0.187. The van der Waals surface area contributed by atoms with Crippen LogP contribution in [0.1, 0.15) is 34.6 Å². The van der Waals surface area contributed by atoms with Crippen molar-refractivity contribution in [2.24, 2.45) is 4.99 Å². The monoisotopic (exact) mass is 388 g/mol. The van der Waals surface area contributed by atoms with Crippen molar-refractivity contribution in [2.45, 2.75) is 52.2 Å². The molecule has 1 aliphatic heterocycles. The van der Waals surface area contributed by atoms with Gasteiger partial charge in [-0.1, -0.05) is 23.2 Å². The summed E-state index contributed by atoms with van der Waals surface area (Å²) in [6.45, 7) is 12.0. The van der Waals surface area contributed by atoms with Gasteiger partial charge < -0.3 is 0 Å². The first-order valence-corrected chi connectivity index (χ1v) is 10.0. The van der Waals surface area contributed by atoms with Gasteiger partial charge in [0.1, 0.15) is 5.84 Å². The largest absolute Gasteiger partial charge is 0.298 e. The fourth-order valence-corrected chi connectivity index (χ4v) is 4.17. The maximum Gasteiger partial charge on any atom is 0.188 e. The van der Waals surface area contributed by atoms with E-state index in [-0.39, 0.29) is 5.50 Å². The molecule has 0 fully saturated rings. The SMILES string of the molecule is CC1=NC(SCCN(C(C)C)C(C)C)N(c2ccc(Cl)c(Cl)c2)N1. The summed E-state index contributed by atoms with van der Waals surface area (Å²) in [5, 5.41) is 3.15. The van der Waals surface area contributed by atoms with Crippen LogP contribution in [0.3, 0.4) is 0 Å². The summed E-state index contributed by atoms with van der Waals surface area (Å²) < 4.78 is 0. The Hall–Kier alpha value is -0.620. The van der Waals surface area contributed by atoms with Gasteiger partial charge in [-0.15, -0.1) is 11.8 Å². The average Bonchev–Trinajstić information content (AvgIpc) is 2.86. The van der Waals surface area contributed by atoms with Crippen LogP contribution in [0.15, 0.2) is 23.2 Å². The fraction of sp³-hybridized carbons (Fsp3) is 0.588. The normalized spacial score (nSPS) is 17.8. The van der Waals surface area contributed by atoms with E-state index in [0.717, 1.165) is 23.8 Å². The molecule has 0 bridgehead atoms. The van der Waals surface area contributed by atoms with Crippen LogP contribution in [0.25, 0.3) is 0 Å². The van der Waals surface area contributed by atoms with Crippen LogP contribution in [0, 0.1) is 0 Å². The van der Waals surface area contributed by atoms with E-state index in [4.69, 9.17) is 23.2 Å². The molecule has 0 saturated carbocycles. The minimum Gasteiger partial charge on any atom is -0.298 e. The van der Waals surface area contributed by atoms with Gasteiger partial charge in [-0.3, -0.25) is 15.3 Å². The molecule has 1 aromatic rings. The van der Waals surface area contributed by atoms with Crippen LogP contribution in [0.2, 0.25) is 10.0 Å². The van der Waals surface area contributed by atoms with E-state index in [0.29, 0.717) is 22.1 Å². The molecule has 1 aliphatic rings. The zero-order chi connectivity index (χ0) is 17.9. The van der Waals surface area contributed by atoms with Crippen molar-refractivity contribution >= 4 is 46.5 Å². The molecule has 1 N–H and O–H groups in total. The van der Waals surface area contributed by atoms with Crippen molar-refractivity contribution in [3.8, 4) is 0 Å². The van der Waals surface area contributed by atoms with Crippen LogP contribution in [0.4, 0.5) is 5.69 Å². The number of aliphatic imine (C=N–C) groups is 1. The molecule has 0 saturated heterocycles.